The lowest BCUT2D eigenvalue weighted by Crippen LogP contribution is -2.42. The van der Waals surface area contributed by atoms with Crippen LogP contribution in [-0.2, 0) is 24.1 Å². The molecule has 1 aromatic carbocycles. The molecule has 0 bridgehead atoms. The van der Waals surface area contributed by atoms with Crippen molar-refractivity contribution in [2.45, 2.75) is 38.1 Å². The van der Waals surface area contributed by atoms with E-state index in [9.17, 15) is 14.7 Å². The number of hydrogen-bond donors (Lipinski definition) is 3. The number of aromatic amines is 1. The SMILES string of the molecule is COc1cccc(CC(NC(=O)c2n[nH]c3c2CCCC3)C(=O)O)c1. The first kappa shape index (κ1) is 17.0. The number of ether oxygens (including phenoxy) is 1. The van der Waals surface area contributed by atoms with Crippen LogP contribution in [0.4, 0.5) is 0 Å². The average Bonchev–Trinajstić information content (AvgIpc) is 3.05. The van der Waals surface area contributed by atoms with Crippen LogP contribution >= 0.6 is 0 Å². The van der Waals surface area contributed by atoms with Crippen LogP contribution in [-0.4, -0.2) is 40.3 Å². The fourth-order valence-corrected chi connectivity index (χ4v) is 3.13. The predicted octanol–water partition coefficient (Wildman–Crippen LogP) is 1.72. The molecule has 3 rings (SSSR count). The van der Waals surface area contributed by atoms with Gasteiger partial charge in [-0.3, -0.25) is 9.89 Å². The predicted molar refractivity (Wildman–Crippen MR) is 90.8 cm³/mol. The second kappa shape index (κ2) is 7.38. The molecule has 1 aromatic heterocycles. The molecule has 7 heteroatoms. The molecule has 1 atom stereocenters. The van der Waals surface area contributed by atoms with E-state index in [-0.39, 0.29) is 6.42 Å². The van der Waals surface area contributed by atoms with Crippen LogP contribution in [0, 0.1) is 0 Å². The van der Waals surface area contributed by atoms with Crippen molar-refractivity contribution in [3.8, 4) is 5.75 Å². The highest BCUT2D eigenvalue weighted by Crippen LogP contribution is 2.22. The molecule has 0 saturated heterocycles. The van der Waals surface area contributed by atoms with E-state index in [0.717, 1.165) is 42.5 Å². The molecule has 3 N–H and O–H groups in total. The molecule has 0 radical (unpaired) electrons. The third kappa shape index (κ3) is 3.81. The van der Waals surface area contributed by atoms with Crippen molar-refractivity contribution in [3.05, 3.63) is 46.8 Å². The molecule has 0 fully saturated rings. The summed E-state index contributed by atoms with van der Waals surface area (Å²) < 4.78 is 5.15. The zero-order valence-electron chi connectivity index (χ0n) is 14.0. The highest BCUT2D eigenvalue weighted by molar-refractivity contribution is 5.96. The summed E-state index contributed by atoms with van der Waals surface area (Å²) >= 11 is 0. The van der Waals surface area contributed by atoms with Crippen molar-refractivity contribution in [2.75, 3.05) is 7.11 Å². The summed E-state index contributed by atoms with van der Waals surface area (Å²) in [6, 6.07) is 6.11. The lowest BCUT2D eigenvalue weighted by atomic mass is 9.95. The molecule has 7 nitrogen and oxygen atoms in total. The van der Waals surface area contributed by atoms with Gasteiger partial charge in [0.25, 0.3) is 5.91 Å². The van der Waals surface area contributed by atoms with Crippen LogP contribution in [0.1, 0.15) is 40.2 Å². The van der Waals surface area contributed by atoms with Gasteiger partial charge < -0.3 is 15.2 Å². The summed E-state index contributed by atoms with van der Waals surface area (Å²) in [5.74, 6) is -0.885. The first-order chi connectivity index (χ1) is 12.1. The van der Waals surface area contributed by atoms with E-state index in [1.54, 1.807) is 31.4 Å². The van der Waals surface area contributed by atoms with E-state index in [2.05, 4.69) is 15.5 Å². The molecule has 2 aromatic rings. The molecule has 132 valence electrons. The molecule has 0 saturated carbocycles. The quantitative estimate of drug-likeness (QED) is 0.741. The Morgan fingerprint density at radius 2 is 2.16 bits per heavy atom. The van der Waals surface area contributed by atoms with Gasteiger partial charge in [-0.2, -0.15) is 5.10 Å². The molecule has 1 amide bonds. The summed E-state index contributed by atoms with van der Waals surface area (Å²) in [7, 11) is 1.55. The van der Waals surface area contributed by atoms with E-state index in [1.165, 1.54) is 0 Å². The Bertz CT molecular complexity index is 784. The largest absolute Gasteiger partial charge is 0.497 e. The number of rotatable bonds is 6. The van der Waals surface area contributed by atoms with Crippen molar-refractivity contribution < 1.29 is 19.4 Å². The van der Waals surface area contributed by atoms with Crippen molar-refractivity contribution in [3.63, 3.8) is 0 Å². The number of H-pyrrole nitrogens is 1. The molecular weight excluding hydrogens is 322 g/mol. The topological polar surface area (TPSA) is 104 Å². The molecule has 1 aliphatic carbocycles. The first-order valence-electron chi connectivity index (χ1n) is 8.31. The molecule has 0 spiro atoms. The number of aryl methyl sites for hydroxylation is 1. The minimum absolute atomic E-state index is 0.172. The Morgan fingerprint density at radius 1 is 1.36 bits per heavy atom. The van der Waals surface area contributed by atoms with Crippen LogP contribution < -0.4 is 10.1 Å². The Hall–Kier alpha value is -2.83. The summed E-state index contributed by atoms with van der Waals surface area (Å²) in [5, 5.41) is 19.1. The number of carbonyl (C=O) groups excluding carboxylic acids is 1. The minimum atomic E-state index is -1.08. The number of fused-ring (bicyclic) bond motifs is 1. The van der Waals surface area contributed by atoms with Gasteiger partial charge in [-0.05, 0) is 43.4 Å². The molecule has 1 heterocycles. The zero-order valence-corrected chi connectivity index (χ0v) is 14.0. The highest BCUT2D eigenvalue weighted by atomic mass is 16.5. The number of amides is 1. The van der Waals surface area contributed by atoms with E-state index < -0.39 is 17.9 Å². The minimum Gasteiger partial charge on any atom is -0.497 e. The molecule has 25 heavy (non-hydrogen) atoms. The van der Waals surface area contributed by atoms with E-state index in [1.807, 2.05) is 0 Å². The Balaban J connectivity index is 1.74. The van der Waals surface area contributed by atoms with Crippen molar-refractivity contribution >= 4 is 11.9 Å². The molecule has 1 aliphatic rings. The van der Waals surface area contributed by atoms with E-state index >= 15 is 0 Å². The summed E-state index contributed by atoms with van der Waals surface area (Å²) in [4.78, 5) is 24.1. The van der Waals surface area contributed by atoms with Gasteiger partial charge in [-0.25, -0.2) is 4.79 Å². The number of carboxylic acids is 1. The lowest BCUT2D eigenvalue weighted by molar-refractivity contribution is -0.139. The number of aromatic nitrogens is 2. The number of nitrogens with zero attached hydrogens (tertiary/aromatic N) is 1. The zero-order chi connectivity index (χ0) is 17.8. The van der Waals surface area contributed by atoms with Crippen molar-refractivity contribution in [1.29, 1.82) is 0 Å². The Labute approximate surface area is 145 Å². The third-order valence-electron chi connectivity index (χ3n) is 4.45. The van der Waals surface area contributed by atoms with Gasteiger partial charge in [-0.15, -0.1) is 0 Å². The standard InChI is InChI=1S/C18H21N3O4/c1-25-12-6-4-5-11(9-12)10-15(18(23)24)19-17(22)16-13-7-2-3-8-14(13)20-21-16/h4-6,9,15H,2-3,7-8,10H2,1H3,(H,19,22)(H,20,21)(H,23,24). The molecular formula is C18H21N3O4. The monoisotopic (exact) mass is 343 g/mol. The van der Waals surface area contributed by atoms with Crippen molar-refractivity contribution in [2.24, 2.45) is 0 Å². The van der Waals surface area contributed by atoms with Gasteiger partial charge in [0.05, 0.1) is 7.11 Å². The van der Waals surface area contributed by atoms with Crippen LogP contribution in [0.2, 0.25) is 0 Å². The van der Waals surface area contributed by atoms with Gasteiger partial charge in [0.2, 0.25) is 0 Å². The second-order valence-electron chi connectivity index (χ2n) is 6.16. The smallest absolute Gasteiger partial charge is 0.326 e. The lowest BCUT2D eigenvalue weighted by Gasteiger charge is -2.16. The fourth-order valence-electron chi connectivity index (χ4n) is 3.13. The average molecular weight is 343 g/mol. The molecule has 1 unspecified atom stereocenters. The third-order valence-corrected chi connectivity index (χ3v) is 4.45. The number of nitrogens with one attached hydrogen (secondary N) is 2. The highest BCUT2D eigenvalue weighted by Gasteiger charge is 2.26. The normalized spacial score (nSPS) is 14.4. The van der Waals surface area contributed by atoms with Crippen molar-refractivity contribution in [1.82, 2.24) is 15.5 Å². The number of methoxy groups -OCH3 is 1. The van der Waals surface area contributed by atoms with Crippen LogP contribution in [0.15, 0.2) is 24.3 Å². The number of carboxylic acid groups (broad SMARTS) is 1. The fraction of sp³-hybridized carbons (Fsp3) is 0.389. The first-order valence-corrected chi connectivity index (χ1v) is 8.31. The van der Waals surface area contributed by atoms with Gasteiger partial charge in [-0.1, -0.05) is 12.1 Å². The van der Waals surface area contributed by atoms with E-state index in [4.69, 9.17) is 4.74 Å². The van der Waals surface area contributed by atoms with Crippen LogP contribution in [0.5, 0.6) is 5.75 Å². The van der Waals surface area contributed by atoms with Crippen LogP contribution in [0.25, 0.3) is 0 Å². The van der Waals surface area contributed by atoms with Crippen LogP contribution in [0.3, 0.4) is 0 Å². The Morgan fingerprint density at radius 3 is 2.92 bits per heavy atom. The van der Waals surface area contributed by atoms with Gasteiger partial charge in [0, 0.05) is 17.7 Å². The summed E-state index contributed by atoms with van der Waals surface area (Å²) in [6.45, 7) is 0. The number of hydrogen-bond acceptors (Lipinski definition) is 4. The number of benzene rings is 1. The Kier molecular flexibility index (Phi) is 5.02. The van der Waals surface area contributed by atoms with Gasteiger partial charge in [0.15, 0.2) is 5.69 Å². The maximum atomic E-state index is 12.5. The second-order valence-corrected chi connectivity index (χ2v) is 6.16. The van der Waals surface area contributed by atoms with Gasteiger partial charge in [0.1, 0.15) is 11.8 Å². The van der Waals surface area contributed by atoms with Gasteiger partial charge >= 0.3 is 5.97 Å². The maximum absolute atomic E-state index is 12.5. The maximum Gasteiger partial charge on any atom is 0.326 e. The summed E-state index contributed by atoms with van der Waals surface area (Å²) in [6.07, 6.45) is 3.93. The number of aliphatic carboxylic acids is 1. The summed E-state index contributed by atoms with van der Waals surface area (Å²) in [5.41, 5.74) is 2.98. The van der Waals surface area contributed by atoms with E-state index in [0.29, 0.717) is 11.4 Å². The molecule has 0 aliphatic heterocycles. The number of carbonyl (C=O) groups is 2.